The lowest BCUT2D eigenvalue weighted by molar-refractivity contribution is -0.143. The molecule has 6 nitrogen and oxygen atoms in total. The number of piperidine rings is 1. The normalized spacial score (nSPS) is 22.3. The van der Waals surface area contributed by atoms with Crippen LogP contribution in [0.3, 0.4) is 0 Å². The van der Waals surface area contributed by atoms with E-state index in [0.717, 1.165) is 11.3 Å². The summed E-state index contributed by atoms with van der Waals surface area (Å²) in [5.74, 6) is -0.439. The molecule has 1 fully saturated rings. The summed E-state index contributed by atoms with van der Waals surface area (Å²) in [6.45, 7) is 4.69. The molecule has 2 rings (SSSR count). The fourth-order valence-electron chi connectivity index (χ4n) is 3.07. The largest absolute Gasteiger partial charge is 0.496 e. The number of carbonyl (C=O) groups excluding carboxylic acids is 1. The Morgan fingerprint density at radius 1 is 1.35 bits per heavy atom. The van der Waals surface area contributed by atoms with Crippen LogP contribution < -0.4 is 10.1 Å². The molecule has 23 heavy (non-hydrogen) atoms. The number of carboxylic acid groups (broad SMARTS) is 1. The topological polar surface area (TPSA) is 78.9 Å². The van der Waals surface area contributed by atoms with Gasteiger partial charge in [0.2, 0.25) is 0 Å². The molecule has 6 heteroatoms. The van der Waals surface area contributed by atoms with E-state index in [1.807, 2.05) is 38.1 Å². The Labute approximate surface area is 136 Å². The van der Waals surface area contributed by atoms with Crippen LogP contribution in [0.1, 0.15) is 31.9 Å². The number of urea groups is 1. The molecular weight excluding hydrogens is 296 g/mol. The molecule has 126 valence electrons. The number of ether oxygens (including phenoxy) is 1. The van der Waals surface area contributed by atoms with Gasteiger partial charge >= 0.3 is 12.0 Å². The number of aliphatic carboxylic acids is 1. The van der Waals surface area contributed by atoms with E-state index in [9.17, 15) is 14.7 Å². The van der Waals surface area contributed by atoms with Gasteiger partial charge in [-0.15, -0.1) is 0 Å². The fourth-order valence-corrected chi connectivity index (χ4v) is 3.07. The zero-order valence-corrected chi connectivity index (χ0v) is 13.8. The molecule has 0 bridgehead atoms. The summed E-state index contributed by atoms with van der Waals surface area (Å²) in [5, 5.41) is 12.1. The van der Waals surface area contributed by atoms with Crippen molar-refractivity contribution >= 4 is 12.0 Å². The van der Waals surface area contributed by atoms with Crippen molar-refractivity contribution in [3.63, 3.8) is 0 Å². The van der Waals surface area contributed by atoms with Crippen molar-refractivity contribution in [1.82, 2.24) is 10.2 Å². The van der Waals surface area contributed by atoms with Gasteiger partial charge in [-0.05, 0) is 25.3 Å². The number of carboxylic acids is 1. The first-order valence-corrected chi connectivity index (χ1v) is 7.83. The highest BCUT2D eigenvalue weighted by Gasteiger charge is 2.32. The number of methoxy groups -OCH3 is 1. The van der Waals surface area contributed by atoms with Crippen molar-refractivity contribution < 1.29 is 19.4 Å². The summed E-state index contributed by atoms with van der Waals surface area (Å²) < 4.78 is 5.32. The van der Waals surface area contributed by atoms with Crippen LogP contribution in [0.2, 0.25) is 0 Å². The van der Waals surface area contributed by atoms with Crippen LogP contribution in [0.15, 0.2) is 24.3 Å². The Bertz CT molecular complexity index is 575. The summed E-state index contributed by atoms with van der Waals surface area (Å²) in [7, 11) is 1.59. The molecule has 2 N–H and O–H groups in total. The van der Waals surface area contributed by atoms with Crippen LogP contribution in [0.4, 0.5) is 4.79 Å². The third-order valence-corrected chi connectivity index (χ3v) is 4.24. The second-order valence-electron chi connectivity index (χ2n) is 6.19. The minimum atomic E-state index is -0.841. The van der Waals surface area contributed by atoms with Gasteiger partial charge in [0.25, 0.3) is 0 Å². The van der Waals surface area contributed by atoms with Crippen molar-refractivity contribution in [3.05, 3.63) is 29.8 Å². The van der Waals surface area contributed by atoms with Crippen molar-refractivity contribution in [2.45, 2.75) is 26.3 Å². The van der Waals surface area contributed by atoms with Crippen LogP contribution >= 0.6 is 0 Å². The maximum Gasteiger partial charge on any atom is 0.317 e. The molecule has 1 aliphatic heterocycles. The quantitative estimate of drug-likeness (QED) is 0.893. The molecule has 3 unspecified atom stereocenters. The zero-order chi connectivity index (χ0) is 17.0. The predicted octanol–water partition coefficient (Wildman–Crippen LogP) is 2.51. The molecule has 1 saturated heterocycles. The lowest BCUT2D eigenvalue weighted by Crippen LogP contribution is -2.49. The smallest absolute Gasteiger partial charge is 0.317 e. The van der Waals surface area contributed by atoms with Crippen molar-refractivity contribution in [2.75, 3.05) is 20.2 Å². The van der Waals surface area contributed by atoms with Gasteiger partial charge in [-0.3, -0.25) is 4.79 Å². The second kappa shape index (κ2) is 7.35. The Kier molecular flexibility index (Phi) is 5.47. The minimum Gasteiger partial charge on any atom is -0.496 e. The average molecular weight is 320 g/mol. The number of nitrogens with zero attached hydrogens (tertiary/aromatic N) is 1. The Morgan fingerprint density at radius 3 is 2.70 bits per heavy atom. The van der Waals surface area contributed by atoms with Crippen molar-refractivity contribution in [3.8, 4) is 5.75 Å². The van der Waals surface area contributed by atoms with E-state index in [1.165, 1.54) is 0 Å². The van der Waals surface area contributed by atoms with E-state index < -0.39 is 11.9 Å². The van der Waals surface area contributed by atoms with E-state index in [4.69, 9.17) is 4.74 Å². The molecule has 0 saturated carbocycles. The number of hydrogen-bond acceptors (Lipinski definition) is 3. The molecule has 0 radical (unpaired) electrons. The number of amides is 2. The first-order valence-electron chi connectivity index (χ1n) is 7.83. The van der Waals surface area contributed by atoms with Crippen molar-refractivity contribution in [2.24, 2.45) is 11.8 Å². The predicted molar refractivity (Wildman–Crippen MR) is 86.4 cm³/mol. The average Bonchev–Trinajstić information content (AvgIpc) is 2.53. The SMILES string of the molecule is COc1ccccc1C(C)NC(=O)N1CC(C)CC(C(=O)O)C1. The Hall–Kier alpha value is -2.24. The van der Waals surface area contributed by atoms with E-state index in [2.05, 4.69) is 5.32 Å². The van der Waals surface area contributed by atoms with Gasteiger partial charge < -0.3 is 20.1 Å². The summed E-state index contributed by atoms with van der Waals surface area (Å²) in [4.78, 5) is 25.3. The third kappa shape index (κ3) is 4.15. The van der Waals surface area contributed by atoms with Crippen LogP contribution in [0.25, 0.3) is 0 Å². The van der Waals surface area contributed by atoms with E-state index in [1.54, 1.807) is 12.0 Å². The summed E-state index contributed by atoms with van der Waals surface area (Å²) in [5.41, 5.74) is 0.892. The minimum absolute atomic E-state index is 0.178. The molecule has 0 aliphatic carbocycles. The molecule has 0 aromatic heterocycles. The van der Waals surface area contributed by atoms with Gasteiger partial charge in [0.1, 0.15) is 5.75 Å². The number of hydrogen-bond donors (Lipinski definition) is 2. The Morgan fingerprint density at radius 2 is 2.04 bits per heavy atom. The zero-order valence-electron chi connectivity index (χ0n) is 13.8. The third-order valence-electron chi connectivity index (χ3n) is 4.24. The van der Waals surface area contributed by atoms with E-state index in [-0.39, 0.29) is 24.5 Å². The Balaban J connectivity index is 2.04. The lowest BCUT2D eigenvalue weighted by Gasteiger charge is -2.35. The second-order valence-corrected chi connectivity index (χ2v) is 6.19. The van der Waals surface area contributed by atoms with Crippen molar-refractivity contribution in [1.29, 1.82) is 0 Å². The maximum absolute atomic E-state index is 12.5. The fraction of sp³-hybridized carbons (Fsp3) is 0.529. The highest BCUT2D eigenvalue weighted by atomic mass is 16.5. The molecule has 0 spiro atoms. The first-order chi connectivity index (χ1) is 10.9. The van der Waals surface area contributed by atoms with Gasteiger partial charge in [0.05, 0.1) is 19.1 Å². The van der Waals surface area contributed by atoms with E-state index >= 15 is 0 Å². The standard InChI is InChI=1S/C17H24N2O4/c1-11-8-13(16(20)21)10-19(9-11)17(22)18-12(2)14-6-4-5-7-15(14)23-3/h4-7,11-13H,8-10H2,1-3H3,(H,18,22)(H,20,21). The molecule has 3 atom stereocenters. The highest BCUT2D eigenvalue weighted by Crippen LogP contribution is 2.26. The monoisotopic (exact) mass is 320 g/mol. The van der Waals surface area contributed by atoms with Gasteiger partial charge in [0, 0.05) is 18.7 Å². The highest BCUT2D eigenvalue weighted by molar-refractivity contribution is 5.77. The lowest BCUT2D eigenvalue weighted by atomic mass is 9.91. The maximum atomic E-state index is 12.5. The summed E-state index contributed by atoms with van der Waals surface area (Å²) in [6, 6.07) is 7.06. The number of para-hydroxylation sites is 1. The molecule has 2 amide bonds. The first kappa shape index (κ1) is 17.1. The van der Waals surface area contributed by atoms with Crippen LogP contribution in [0.5, 0.6) is 5.75 Å². The van der Waals surface area contributed by atoms with Gasteiger partial charge in [-0.1, -0.05) is 25.1 Å². The molecular formula is C17H24N2O4. The van der Waals surface area contributed by atoms with E-state index in [0.29, 0.717) is 13.0 Å². The summed E-state index contributed by atoms with van der Waals surface area (Å²) >= 11 is 0. The summed E-state index contributed by atoms with van der Waals surface area (Å²) in [6.07, 6.45) is 0.612. The van der Waals surface area contributed by atoms with Crippen LogP contribution in [0, 0.1) is 11.8 Å². The number of rotatable bonds is 4. The molecule has 1 aromatic rings. The molecule has 1 heterocycles. The van der Waals surface area contributed by atoms with Crippen LogP contribution in [-0.2, 0) is 4.79 Å². The van der Waals surface area contributed by atoms with Gasteiger partial charge in [-0.2, -0.15) is 0 Å². The number of nitrogens with one attached hydrogen (secondary N) is 1. The number of benzene rings is 1. The number of carbonyl (C=O) groups is 2. The van der Waals surface area contributed by atoms with Gasteiger partial charge in [-0.25, -0.2) is 4.79 Å². The number of likely N-dealkylation sites (tertiary alicyclic amines) is 1. The molecule has 1 aromatic carbocycles. The van der Waals surface area contributed by atoms with Crippen LogP contribution in [-0.4, -0.2) is 42.2 Å². The van der Waals surface area contributed by atoms with Gasteiger partial charge in [0.15, 0.2) is 0 Å². The molecule has 1 aliphatic rings.